The molecule has 0 aromatic rings. The smallest absolute Gasteiger partial charge is 0.236 e. The summed E-state index contributed by atoms with van der Waals surface area (Å²) >= 11 is 0. The molecule has 1 rings (SSSR count). The van der Waals surface area contributed by atoms with Crippen LogP contribution in [0.4, 0.5) is 0 Å². The lowest BCUT2D eigenvalue weighted by atomic mass is 9.96. The summed E-state index contributed by atoms with van der Waals surface area (Å²) in [5, 5.41) is 8.76. The molecule has 0 unspecified atom stereocenters. The largest absolute Gasteiger partial charge is 0.342 e. The van der Waals surface area contributed by atoms with Gasteiger partial charge in [0.1, 0.15) is 0 Å². The second-order valence-electron chi connectivity index (χ2n) is 6.97. The highest BCUT2D eigenvalue weighted by Crippen LogP contribution is 2.16. The average molecular weight is 279 g/mol. The Labute approximate surface area is 123 Å². The minimum atomic E-state index is 0.147. The van der Waals surface area contributed by atoms with Crippen molar-refractivity contribution in [3.63, 3.8) is 0 Å². The third-order valence-corrected chi connectivity index (χ3v) is 3.56. The van der Waals surface area contributed by atoms with Gasteiger partial charge in [-0.3, -0.25) is 9.69 Å². The van der Waals surface area contributed by atoms with Gasteiger partial charge in [0.2, 0.25) is 5.91 Å². The van der Waals surface area contributed by atoms with Crippen molar-refractivity contribution in [1.82, 2.24) is 9.80 Å². The van der Waals surface area contributed by atoms with E-state index in [-0.39, 0.29) is 11.3 Å². The van der Waals surface area contributed by atoms with E-state index in [9.17, 15) is 4.79 Å². The molecule has 114 valence electrons. The van der Waals surface area contributed by atoms with Crippen molar-refractivity contribution >= 4 is 5.91 Å². The molecule has 1 fully saturated rings. The molecule has 4 nitrogen and oxygen atoms in total. The Morgan fingerprint density at radius 3 is 2.30 bits per heavy atom. The maximum Gasteiger partial charge on any atom is 0.236 e. The molecule has 0 saturated carbocycles. The molecule has 1 amide bonds. The number of nitrogens with zero attached hydrogens (tertiary/aromatic N) is 3. The number of carbonyl (C=O) groups is 1. The van der Waals surface area contributed by atoms with Crippen molar-refractivity contribution in [2.75, 3.05) is 32.7 Å². The van der Waals surface area contributed by atoms with Gasteiger partial charge >= 0.3 is 0 Å². The molecule has 0 aromatic carbocycles. The van der Waals surface area contributed by atoms with E-state index in [2.05, 4.69) is 31.7 Å². The van der Waals surface area contributed by atoms with Gasteiger partial charge < -0.3 is 4.90 Å². The third-order valence-electron chi connectivity index (χ3n) is 3.56. The molecular weight excluding hydrogens is 250 g/mol. The Hall–Kier alpha value is -1.08. The van der Waals surface area contributed by atoms with Gasteiger partial charge in [-0.25, -0.2) is 0 Å². The van der Waals surface area contributed by atoms with Gasteiger partial charge in [-0.15, -0.1) is 0 Å². The first-order valence-electron chi connectivity index (χ1n) is 7.79. The van der Waals surface area contributed by atoms with Gasteiger partial charge in [-0.05, 0) is 18.3 Å². The van der Waals surface area contributed by atoms with Gasteiger partial charge in [0.15, 0.2) is 0 Å². The topological polar surface area (TPSA) is 47.3 Å². The molecule has 1 heterocycles. The summed E-state index contributed by atoms with van der Waals surface area (Å²) in [4.78, 5) is 16.6. The molecule has 4 heteroatoms. The van der Waals surface area contributed by atoms with Crippen LogP contribution in [-0.2, 0) is 4.79 Å². The summed E-state index contributed by atoms with van der Waals surface area (Å²) in [5.74, 6) is 0.231. The van der Waals surface area contributed by atoms with E-state index in [4.69, 9.17) is 5.26 Å². The first kappa shape index (κ1) is 17.0. The van der Waals surface area contributed by atoms with E-state index in [1.54, 1.807) is 0 Å². The van der Waals surface area contributed by atoms with E-state index < -0.39 is 0 Å². The highest BCUT2D eigenvalue weighted by atomic mass is 16.2. The summed E-state index contributed by atoms with van der Waals surface area (Å²) < 4.78 is 0. The number of amides is 1. The van der Waals surface area contributed by atoms with Crippen LogP contribution in [0.2, 0.25) is 0 Å². The van der Waals surface area contributed by atoms with Crippen molar-refractivity contribution in [3.8, 4) is 6.07 Å². The van der Waals surface area contributed by atoms with Gasteiger partial charge in [0.05, 0.1) is 12.6 Å². The standard InChI is InChI=1S/C16H29N3O/c1-16(2,3)14-18(10-8-9-17)13-15(20)19-11-6-4-5-7-12-19/h4-8,10-14H2,1-3H3. The van der Waals surface area contributed by atoms with Crippen molar-refractivity contribution in [2.24, 2.45) is 5.41 Å². The number of rotatable bonds is 5. The van der Waals surface area contributed by atoms with Crippen LogP contribution in [-0.4, -0.2) is 48.4 Å². The highest BCUT2D eigenvalue weighted by molar-refractivity contribution is 5.78. The summed E-state index contributed by atoms with van der Waals surface area (Å²) in [7, 11) is 0. The van der Waals surface area contributed by atoms with Crippen molar-refractivity contribution in [1.29, 1.82) is 5.26 Å². The van der Waals surface area contributed by atoms with Crippen molar-refractivity contribution < 1.29 is 4.79 Å². The fourth-order valence-corrected chi connectivity index (χ4v) is 2.70. The molecule has 0 N–H and O–H groups in total. The molecular formula is C16H29N3O. The van der Waals surface area contributed by atoms with Crippen LogP contribution in [0.5, 0.6) is 0 Å². The maximum atomic E-state index is 12.4. The Balaban J connectivity index is 2.53. The Morgan fingerprint density at radius 2 is 1.80 bits per heavy atom. The Morgan fingerprint density at radius 1 is 1.20 bits per heavy atom. The molecule has 0 bridgehead atoms. The predicted molar refractivity (Wildman–Crippen MR) is 81.2 cm³/mol. The predicted octanol–water partition coefficient (Wildman–Crippen LogP) is 2.65. The second kappa shape index (κ2) is 8.26. The van der Waals surface area contributed by atoms with Crippen LogP contribution in [0.25, 0.3) is 0 Å². The van der Waals surface area contributed by atoms with E-state index in [0.717, 1.165) is 32.5 Å². The fourth-order valence-electron chi connectivity index (χ4n) is 2.70. The monoisotopic (exact) mass is 279 g/mol. The summed E-state index contributed by atoms with van der Waals surface area (Å²) in [5.41, 5.74) is 0.147. The van der Waals surface area contributed by atoms with Gasteiger partial charge in [0, 0.05) is 32.6 Å². The molecule has 0 spiro atoms. The van der Waals surface area contributed by atoms with Crippen molar-refractivity contribution in [3.05, 3.63) is 0 Å². The average Bonchev–Trinajstić information content (AvgIpc) is 2.62. The zero-order valence-electron chi connectivity index (χ0n) is 13.3. The number of hydrogen-bond donors (Lipinski definition) is 0. The minimum Gasteiger partial charge on any atom is -0.342 e. The van der Waals surface area contributed by atoms with Gasteiger partial charge in [-0.1, -0.05) is 33.6 Å². The molecule has 0 aromatic heterocycles. The second-order valence-corrected chi connectivity index (χ2v) is 6.97. The Bertz CT molecular complexity index is 333. The van der Waals surface area contributed by atoms with Crippen LogP contribution in [0, 0.1) is 16.7 Å². The van der Waals surface area contributed by atoms with E-state index in [0.29, 0.717) is 19.5 Å². The van der Waals surface area contributed by atoms with Gasteiger partial charge in [0.25, 0.3) is 0 Å². The van der Waals surface area contributed by atoms with Crippen LogP contribution in [0.15, 0.2) is 0 Å². The molecule has 1 aliphatic rings. The molecule has 0 aliphatic carbocycles. The minimum absolute atomic E-state index is 0.147. The summed E-state index contributed by atoms with van der Waals surface area (Å²) in [6.07, 6.45) is 5.23. The molecule has 1 aliphatic heterocycles. The van der Waals surface area contributed by atoms with Crippen LogP contribution < -0.4 is 0 Å². The quantitative estimate of drug-likeness (QED) is 0.777. The van der Waals surface area contributed by atoms with E-state index in [1.807, 2.05) is 4.90 Å². The van der Waals surface area contributed by atoms with Crippen molar-refractivity contribution in [2.45, 2.75) is 52.9 Å². The van der Waals surface area contributed by atoms with Crippen LogP contribution >= 0.6 is 0 Å². The zero-order valence-corrected chi connectivity index (χ0v) is 13.3. The number of carbonyl (C=O) groups excluding carboxylic acids is 1. The van der Waals surface area contributed by atoms with E-state index in [1.165, 1.54) is 12.8 Å². The lowest BCUT2D eigenvalue weighted by Gasteiger charge is -2.31. The normalized spacial score (nSPS) is 16.9. The molecule has 0 atom stereocenters. The van der Waals surface area contributed by atoms with Gasteiger partial charge in [-0.2, -0.15) is 5.26 Å². The number of hydrogen-bond acceptors (Lipinski definition) is 3. The first-order valence-corrected chi connectivity index (χ1v) is 7.79. The molecule has 20 heavy (non-hydrogen) atoms. The SMILES string of the molecule is CC(C)(C)CN(CCC#N)CC(=O)N1CCCCCC1. The third kappa shape index (κ3) is 6.91. The Kier molecular flexibility index (Phi) is 7.01. The highest BCUT2D eigenvalue weighted by Gasteiger charge is 2.22. The fraction of sp³-hybridized carbons (Fsp3) is 0.875. The maximum absolute atomic E-state index is 12.4. The lowest BCUT2D eigenvalue weighted by molar-refractivity contribution is -0.132. The zero-order chi connectivity index (χ0) is 15.0. The molecule has 1 saturated heterocycles. The lowest BCUT2D eigenvalue weighted by Crippen LogP contribution is -2.43. The van der Waals surface area contributed by atoms with Crippen LogP contribution in [0.3, 0.4) is 0 Å². The van der Waals surface area contributed by atoms with E-state index >= 15 is 0 Å². The first-order chi connectivity index (χ1) is 9.42. The molecule has 0 radical (unpaired) electrons. The summed E-state index contributed by atoms with van der Waals surface area (Å²) in [6, 6.07) is 2.18. The number of likely N-dealkylation sites (tertiary alicyclic amines) is 1. The van der Waals surface area contributed by atoms with Crippen LogP contribution in [0.1, 0.15) is 52.9 Å². The number of nitriles is 1. The summed E-state index contributed by atoms with van der Waals surface area (Å²) in [6.45, 7) is 10.3.